The van der Waals surface area contributed by atoms with E-state index in [0.717, 1.165) is 15.6 Å². The van der Waals surface area contributed by atoms with Crippen LogP contribution in [0.4, 0.5) is 5.69 Å². The first kappa shape index (κ1) is 26.5. The Balaban J connectivity index is 1.36. The van der Waals surface area contributed by atoms with Gasteiger partial charge in [-0.2, -0.15) is 5.10 Å². The quantitative estimate of drug-likeness (QED) is 0.119. The lowest BCUT2D eigenvalue weighted by Gasteiger charge is -2.08. The molecule has 2 amide bonds. The fourth-order valence-electron chi connectivity index (χ4n) is 3.55. The summed E-state index contributed by atoms with van der Waals surface area (Å²) in [6, 6.07) is 28.2. The van der Waals surface area contributed by atoms with Gasteiger partial charge in [-0.1, -0.05) is 64.0 Å². The monoisotopic (exact) mass is 569 g/mol. The summed E-state index contributed by atoms with van der Waals surface area (Å²) in [6.45, 7) is 1.92. The summed E-state index contributed by atoms with van der Waals surface area (Å²) in [5.41, 5.74) is 6.29. The Bertz CT molecular complexity index is 1490. The Morgan fingerprint density at radius 2 is 1.61 bits per heavy atom. The van der Waals surface area contributed by atoms with Gasteiger partial charge in [-0.15, -0.1) is 0 Å². The van der Waals surface area contributed by atoms with E-state index in [9.17, 15) is 14.4 Å². The van der Waals surface area contributed by atoms with Gasteiger partial charge in [-0.05, 0) is 67.1 Å². The van der Waals surface area contributed by atoms with Gasteiger partial charge in [0.25, 0.3) is 11.8 Å². The van der Waals surface area contributed by atoms with Crippen molar-refractivity contribution in [3.63, 3.8) is 0 Å². The minimum Gasteiger partial charge on any atom is -0.426 e. The molecule has 0 fully saturated rings. The number of rotatable bonds is 8. The van der Waals surface area contributed by atoms with E-state index in [4.69, 9.17) is 4.74 Å². The molecular formula is C30H24BrN3O4. The Morgan fingerprint density at radius 3 is 2.34 bits per heavy atom. The van der Waals surface area contributed by atoms with E-state index < -0.39 is 11.9 Å². The van der Waals surface area contributed by atoms with Gasteiger partial charge in [0.1, 0.15) is 5.75 Å². The number of carbonyl (C=O) groups is 3. The van der Waals surface area contributed by atoms with Crippen LogP contribution in [0.3, 0.4) is 0 Å². The van der Waals surface area contributed by atoms with Gasteiger partial charge in [0.2, 0.25) is 0 Å². The molecule has 0 saturated carbocycles. The molecule has 0 unspecified atom stereocenters. The smallest absolute Gasteiger partial charge is 0.315 e. The molecule has 0 heterocycles. The number of hydrogen-bond donors (Lipinski definition) is 2. The first-order valence-electron chi connectivity index (χ1n) is 11.7. The Kier molecular flexibility index (Phi) is 8.79. The molecule has 38 heavy (non-hydrogen) atoms. The first-order chi connectivity index (χ1) is 18.4. The van der Waals surface area contributed by atoms with E-state index in [1.807, 2.05) is 49.4 Å². The number of halogens is 1. The number of esters is 1. The normalized spacial score (nSPS) is 10.7. The minimum absolute atomic E-state index is 0.131. The van der Waals surface area contributed by atoms with Crippen molar-refractivity contribution in [1.82, 2.24) is 5.43 Å². The van der Waals surface area contributed by atoms with Gasteiger partial charge in [0.15, 0.2) is 0 Å². The van der Waals surface area contributed by atoms with Gasteiger partial charge < -0.3 is 10.1 Å². The first-order valence-corrected chi connectivity index (χ1v) is 12.5. The number of ether oxygens (including phenoxy) is 1. The number of hydrazone groups is 1. The van der Waals surface area contributed by atoms with Crippen LogP contribution in [0.25, 0.3) is 0 Å². The number of nitrogens with zero attached hydrogens (tertiary/aromatic N) is 1. The highest BCUT2D eigenvalue weighted by molar-refractivity contribution is 9.10. The third-order valence-electron chi connectivity index (χ3n) is 5.44. The molecule has 8 heteroatoms. The molecule has 0 aliphatic rings. The zero-order chi connectivity index (χ0) is 26.9. The highest BCUT2D eigenvalue weighted by Gasteiger charge is 2.11. The van der Waals surface area contributed by atoms with Crippen LogP contribution >= 0.6 is 15.9 Å². The van der Waals surface area contributed by atoms with Crippen LogP contribution in [0, 0.1) is 6.92 Å². The maximum absolute atomic E-state index is 12.6. The maximum Gasteiger partial charge on any atom is 0.315 e. The van der Waals surface area contributed by atoms with Gasteiger partial charge in [0, 0.05) is 26.9 Å². The lowest BCUT2D eigenvalue weighted by Crippen LogP contribution is -2.18. The standard InChI is InChI=1S/C30H24BrN3O4/c1-20-6-5-9-23(16-20)29(36)33-26-13-10-22(11-14-26)30(37)34-32-19-24-18-25(31)12-15-27(24)38-28(35)17-21-7-3-2-4-8-21/h2-16,18-19H,17H2,1H3,(H,33,36)(H,34,37)/b32-19-. The summed E-state index contributed by atoms with van der Waals surface area (Å²) < 4.78 is 6.29. The number of carbonyl (C=O) groups excluding carboxylic acids is 3. The number of hydrogen-bond acceptors (Lipinski definition) is 5. The van der Waals surface area contributed by atoms with E-state index in [1.54, 1.807) is 54.6 Å². The highest BCUT2D eigenvalue weighted by Crippen LogP contribution is 2.22. The van der Waals surface area contributed by atoms with Crippen molar-refractivity contribution in [3.8, 4) is 5.75 Å². The van der Waals surface area contributed by atoms with Crippen molar-refractivity contribution in [1.29, 1.82) is 0 Å². The van der Waals surface area contributed by atoms with E-state index in [1.165, 1.54) is 6.21 Å². The van der Waals surface area contributed by atoms with Gasteiger partial charge in [-0.3, -0.25) is 14.4 Å². The molecule has 4 aromatic carbocycles. The van der Waals surface area contributed by atoms with Crippen LogP contribution in [0.15, 0.2) is 107 Å². The molecule has 0 aliphatic heterocycles. The number of benzene rings is 4. The van der Waals surface area contributed by atoms with Crippen molar-refractivity contribution in [2.75, 3.05) is 5.32 Å². The van der Waals surface area contributed by atoms with Gasteiger partial charge >= 0.3 is 5.97 Å². The SMILES string of the molecule is Cc1cccc(C(=O)Nc2ccc(C(=O)N/N=C\c3cc(Br)ccc3OC(=O)Cc3ccccc3)cc2)c1. The largest absolute Gasteiger partial charge is 0.426 e. The second-order valence-electron chi connectivity index (χ2n) is 8.42. The van der Waals surface area contributed by atoms with Crippen LogP contribution in [0.1, 0.15) is 37.4 Å². The van der Waals surface area contributed by atoms with Crippen molar-refractivity contribution >= 4 is 45.6 Å². The minimum atomic E-state index is -0.435. The summed E-state index contributed by atoms with van der Waals surface area (Å²) in [5, 5.41) is 6.84. The Morgan fingerprint density at radius 1 is 0.842 bits per heavy atom. The summed E-state index contributed by atoms with van der Waals surface area (Å²) >= 11 is 3.40. The van der Waals surface area contributed by atoms with Crippen LogP contribution in [-0.4, -0.2) is 24.0 Å². The van der Waals surface area contributed by atoms with Crippen molar-refractivity contribution in [2.45, 2.75) is 13.3 Å². The number of nitrogens with one attached hydrogen (secondary N) is 2. The van der Waals surface area contributed by atoms with E-state index >= 15 is 0 Å². The highest BCUT2D eigenvalue weighted by atomic mass is 79.9. The van der Waals surface area contributed by atoms with Gasteiger partial charge in [0.05, 0.1) is 12.6 Å². The predicted octanol–water partition coefficient (Wildman–Crippen LogP) is 5.92. The molecule has 0 radical (unpaired) electrons. The van der Waals surface area contributed by atoms with Gasteiger partial charge in [-0.25, -0.2) is 5.43 Å². The van der Waals surface area contributed by atoms with Crippen molar-refractivity contribution in [2.24, 2.45) is 5.10 Å². The summed E-state index contributed by atoms with van der Waals surface area (Å²) in [4.78, 5) is 37.4. The topological polar surface area (TPSA) is 96.9 Å². The molecule has 7 nitrogen and oxygen atoms in total. The third-order valence-corrected chi connectivity index (χ3v) is 5.94. The summed E-state index contributed by atoms with van der Waals surface area (Å²) in [7, 11) is 0. The molecule has 4 rings (SSSR count). The average Bonchev–Trinajstić information content (AvgIpc) is 2.91. The van der Waals surface area contributed by atoms with Crippen molar-refractivity contribution in [3.05, 3.63) is 129 Å². The lowest BCUT2D eigenvalue weighted by atomic mass is 10.1. The molecule has 0 saturated heterocycles. The summed E-state index contributed by atoms with van der Waals surface area (Å²) in [5.74, 6) is -0.757. The molecule has 190 valence electrons. The zero-order valence-electron chi connectivity index (χ0n) is 20.5. The fourth-order valence-corrected chi connectivity index (χ4v) is 3.93. The van der Waals surface area contributed by atoms with Crippen molar-refractivity contribution < 1.29 is 19.1 Å². The molecule has 4 aromatic rings. The fraction of sp³-hybridized carbons (Fsp3) is 0.0667. The molecule has 2 N–H and O–H groups in total. The zero-order valence-corrected chi connectivity index (χ0v) is 22.1. The molecule has 0 aliphatic carbocycles. The van der Waals surface area contributed by atoms with E-state index in [-0.39, 0.29) is 12.3 Å². The second kappa shape index (κ2) is 12.6. The van der Waals surface area contributed by atoms with Crippen LogP contribution < -0.4 is 15.5 Å². The van der Waals surface area contributed by atoms with Crippen LogP contribution in [-0.2, 0) is 11.2 Å². The van der Waals surface area contributed by atoms with Crippen LogP contribution in [0.5, 0.6) is 5.75 Å². The Hall–Kier alpha value is -4.56. The second-order valence-corrected chi connectivity index (χ2v) is 9.33. The number of anilines is 1. The molecule has 0 spiro atoms. The van der Waals surface area contributed by atoms with E-state index in [2.05, 4.69) is 31.8 Å². The lowest BCUT2D eigenvalue weighted by molar-refractivity contribution is -0.133. The number of aryl methyl sites for hydroxylation is 1. The molecule has 0 aromatic heterocycles. The summed E-state index contributed by atoms with van der Waals surface area (Å²) in [6.07, 6.45) is 1.54. The molecule has 0 atom stereocenters. The van der Waals surface area contributed by atoms with E-state index in [0.29, 0.717) is 28.1 Å². The Labute approximate surface area is 228 Å². The molecular weight excluding hydrogens is 546 g/mol. The molecule has 0 bridgehead atoms. The average molecular weight is 570 g/mol. The van der Waals surface area contributed by atoms with Crippen LogP contribution in [0.2, 0.25) is 0 Å². The predicted molar refractivity (Wildman–Crippen MR) is 151 cm³/mol. The third kappa shape index (κ3) is 7.47. The number of amides is 2. The maximum atomic E-state index is 12.6.